The lowest BCUT2D eigenvalue weighted by Crippen LogP contribution is -2.41. The Hall–Kier alpha value is -1.92. The minimum atomic E-state index is -1.01. The standard InChI is InChI=1S/C19H24O3/c1-7-8-15-9-10-16(14(4)11-15)17(12-20)18(21)19(5,6)22-13(2)3/h9-13,17H,1-6H3. The van der Waals surface area contributed by atoms with Gasteiger partial charge in [-0.15, -0.1) is 5.92 Å². The number of ether oxygens (including phenoxy) is 1. The minimum Gasteiger partial charge on any atom is -0.365 e. The van der Waals surface area contributed by atoms with E-state index in [1.165, 1.54) is 0 Å². The van der Waals surface area contributed by atoms with E-state index in [1.807, 2.05) is 32.9 Å². The second kappa shape index (κ2) is 7.38. The molecule has 0 aliphatic carbocycles. The molecule has 118 valence electrons. The smallest absolute Gasteiger partial charge is 0.178 e. The lowest BCUT2D eigenvalue weighted by Gasteiger charge is -2.29. The van der Waals surface area contributed by atoms with Gasteiger partial charge in [-0.05, 0) is 64.8 Å². The molecule has 3 nitrogen and oxygen atoms in total. The second-order valence-corrected chi connectivity index (χ2v) is 6.10. The van der Waals surface area contributed by atoms with Gasteiger partial charge >= 0.3 is 0 Å². The predicted octanol–water partition coefficient (Wildman–Crippen LogP) is 3.42. The third kappa shape index (κ3) is 4.29. The number of carbonyl (C=O) groups excluding carboxylic acids is 2. The van der Waals surface area contributed by atoms with E-state index in [0.29, 0.717) is 11.8 Å². The zero-order chi connectivity index (χ0) is 16.9. The van der Waals surface area contributed by atoms with E-state index in [-0.39, 0.29) is 11.9 Å². The Balaban J connectivity index is 3.18. The molecule has 1 aromatic rings. The van der Waals surface area contributed by atoms with Gasteiger partial charge in [0.25, 0.3) is 0 Å². The van der Waals surface area contributed by atoms with Gasteiger partial charge in [-0.1, -0.05) is 12.0 Å². The molecule has 0 aromatic heterocycles. The first-order chi connectivity index (χ1) is 10.2. The highest BCUT2D eigenvalue weighted by Crippen LogP contribution is 2.27. The Morgan fingerprint density at radius 3 is 2.41 bits per heavy atom. The number of ketones is 1. The van der Waals surface area contributed by atoms with Crippen molar-refractivity contribution in [3.8, 4) is 11.8 Å². The summed E-state index contributed by atoms with van der Waals surface area (Å²) in [5.74, 6) is 4.76. The number of benzene rings is 1. The fourth-order valence-corrected chi connectivity index (χ4v) is 2.54. The van der Waals surface area contributed by atoms with Crippen molar-refractivity contribution < 1.29 is 14.3 Å². The normalized spacial score (nSPS) is 12.5. The topological polar surface area (TPSA) is 43.4 Å². The van der Waals surface area contributed by atoms with Crippen LogP contribution in [0.1, 0.15) is 57.2 Å². The van der Waals surface area contributed by atoms with Crippen LogP contribution in [-0.2, 0) is 14.3 Å². The Labute approximate surface area is 133 Å². The first kappa shape index (κ1) is 18.1. The monoisotopic (exact) mass is 300 g/mol. The van der Waals surface area contributed by atoms with E-state index < -0.39 is 11.5 Å². The number of hydrogen-bond acceptors (Lipinski definition) is 3. The summed E-state index contributed by atoms with van der Waals surface area (Å²) < 4.78 is 5.68. The molecule has 0 spiro atoms. The van der Waals surface area contributed by atoms with E-state index >= 15 is 0 Å². The number of aryl methyl sites for hydroxylation is 1. The molecule has 0 radical (unpaired) electrons. The SMILES string of the molecule is CC#Cc1ccc(C(C=O)C(=O)C(C)(C)OC(C)C)c(C)c1. The van der Waals surface area contributed by atoms with Gasteiger partial charge in [0.15, 0.2) is 5.78 Å². The highest BCUT2D eigenvalue weighted by atomic mass is 16.5. The summed E-state index contributed by atoms with van der Waals surface area (Å²) >= 11 is 0. The number of hydrogen-bond donors (Lipinski definition) is 0. The van der Waals surface area contributed by atoms with Crippen LogP contribution in [0, 0.1) is 18.8 Å². The van der Waals surface area contributed by atoms with Crippen molar-refractivity contribution in [1.29, 1.82) is 0 Å². The fourth-order valence-electron chi connectivity index (χ4n) is 2.54. The molecule has 0 N–H and O–H groups in total. The van der Waals surface area contributed by atoms with Gasteiger partial charge in [-0.3, -0.25) is 4.79 Å². The van der Waals surface area contributed by atoms with Crippen molar-refractivity contribution in [2.45, 2.75) is 59.2 Å². The van der Waals surface area contributed by atoms with E-state index in [2.05, 4.69) is 11.8 Å². The number of Topliss-reactive ketones (excluding diaryl/α,β-unsaturated/α-hetero) is 1. The van der Waals surface area contributed by atoms with E-state index in [9.17, 15) is 9.59 Å². The van der Waals surface area contributed by atoms with Gasteiger partial charge in [-0.25, -0.2) is 0 Å². The third-order valence-corrected chi connectivity index (χ3v) is 3.42. The second-order valence-electron chi connectivity index (χ2n) is 6.10. The van der Waals surface area contributed by atoms with Crippen LogP contribution in [0.25, 0.3) is 0 Å². The maximum Gasteiger partial charge on any atom is 0.178 e. The quantitative estimate of drug-likeness (QED) is 0.459. The van der Waals surface area contributed by atoms with Crippen LogP contribution in [0.2, 0.25) is 0 Å². The van der Waals surface area contributed by atoms with Crippen LogP contribution in [0.5, 0.6) is 0 Å². The van der Waals surface area contributed by atoms with Gasteiger partial charge in [0.2, 0.25) is 0 Å². The molecule has 0 bridgehead atoms. The molecular formula is C19H24O3. The van der Waals surface area contributed by atoms with Crippen molar-refractivity contribution in [2.75, 3.05) is 0 Å². The molecule has 22 heavy (non-hydrogen) atoms. The minimum absolute atomic E-state index is 0.0884. The molecule has 0 fully saturated rings. The number of rotatable bonds is 6. The fraction of sp³-hybridized carbons (Fsp3) is 0.474. The van der Waals surface area contributed by atoms with Crippen molar-refractivity contribution in [3.05, 3.63) is 34.9 Å². The molecule has 0 aliphatic heterocycles. The Morgan fingerprint density at radius 2 is 1.95 bits per heavy atom. The largest absolute Gasteiger partial charge is 0.365 e. The first-order valence-electron chi connectivity index (χ1n) is 7.43. The Kier molecular flexibility index (Phi) is 6.08. The van der Waals surface area contributed by atoms with Crippen molar-refractivity contribution >= 4 is 12.1 Å². The molecule has 1 aromatic carbocycles. The first-order valence-corrected chi connectivity index (χ1v) is 7.43. The zero-order valence-corrected chi connectivity index (χ0v) is 14.2. The summed E-state index contributed by atoms with van der Waals surface area (Å²) in [4.78, 5) is 24.2. The van der Waals surface area contributed by atoms with Crippen LogP contribution < -0.4 is 0 Å². The molecular weight excluding hydrogens is 276 g/mol. The molecule has 3 heteroatoms. The maximum atomic E-state index is 12.7. The summed E-state index contributed by atoms with van der Waals surface area (Å²) in [6, 6.07) is 5.53. The van der Waals surface area contributed by atoms with Crippen molar-refractivity contribution in [2.24, 2.45) is 0 Å². The molecule has 0 saturated carbocycles. The number of carbonyl (C=O) groups is 2. The van der Waals surface area contributed by atoms with E-state index in [4.69, 9.17) is 4.74 Å². The molecule has 1 rings (SSSR count). The third-order valence-electron chi connectivity index (χ3n) is 3.42. The molecule has 0 aliphatic rings. The van der Waals surface area contributed by atoms with Crippen LogP contribution in [0.15, 0.2) is 18.2 Å². The molecule has 1 atom stereocenters. The highest BCUT2D eigenvalue weighted by Gasteiger charge is 2.36. The maximum absolute atomic E-state index is 12.7. The molecule has 0 saturated heterocycles. The van der Waals surface area contributed by atoms with Gasteiger partial charge in [0.05, 0.1) is 6.10 Å². The lowest BCUT2D eigenvalue weighted by atomic mass is 9.84. The van der Waals surface area contributed by atoms with E-state index in [1.54, 1.807) is 26.8 Å². The van der Waals surface area contributed by atoms with Crippen LogP contribution in [0.4, 0.5) is 0 Å². The van der Waals surface area contributed by atoms with Crippen molar-refractivity contribution in [3.63, 3.8) is 0 Å². The molecule has 0 amide bonds. The molecule has 1 unspecified atom stereocenters. The van der Waals surface area contributed by atoms with Gasteiger partial charge in [0, 0.05) is 5.56 Å². The summed E-state index contributed by atoms with van der Waals surface area (Å²) in [6.07, 6.45) is 0.607. The number of aldehydes is 1. The van der Waals surface area contributed by atoms with Crippen molar-refractivity contribution in [1.82, 2.24) is 0 Å². The molecule has 0 heterocycles. The zero-order valence-electron chi connectivity index (χ0n) is 14.2. The van der Waals surface area contributed by atoms with Crippen LogP contribution in [0.3, 0.4) is 0 Å². The lowest BCUT2D eigenvalue weighted by molar-refractivity contribution is -0.147. The summed E-state index contributed by atoms with van der Waals surface area (Å²) in [5, 5.41) is 0. The summed E-state index contributed by atoms with van der Waals surface area (Å²) in [5.41, 5.74) is 1.46. The van der Waals surface area contributed by atoms with E-state index in [0.717, 1.165) is 11.1 Å². The Morgan fingerprint density at radius 1 is 1.32 bits per heavy atom. The average Bonchev–Trinajstić information content (AvgIpc) is 2.40. The van der Waals surface area contributed by atoms with Gasteiger partial charge in [0.1, 0.15) is 17.8 Å². The van der Waals surface area contributed by atoms with Crippen LogP contribution >= 0.6 is 0 Å². The van der Waals surface area contributed by atoms with Gasteiger partial charge < -0.3 is 9.53 Å². The average molecular weight is 300 g/mol. The summed E-state index contributed by atoms with van der Waals surface area (Å²) in [7, 11) is 0. The highest BCUT2D eigenvalue weighted by molar-refractivity contribution is 6.03. The Bertz CT molecular complexity index is 615. The summed E-state index contributed by atoms with van der Waals surface area (Å²) in [6.45, 7) is 10.8. The van der Waals surface area contributed by atoms with Crippen LogP contribution in [-0.4, -0.2) is 23.8 Å². The predicted molar refractivity (Wildman–Crippen MR) is 87.8 cm³/mol. The van der Waals surface area contributed by atoms with Gasteiger partial charge in [-0.2, -0.15) is 0 Å².